The van der Waals surface area contributed by atoms with Gasteiger partial charge in [-0.1, -0.05) is 11.6 Å². The molecule has 0 aliphatic heterocycles. The van der Waals surface area contributed by atoms with Gasteiger partial charge in [0.25, 0.3) is 0 Å². The van der Waals surface area contributed by atoms with E-state index in [1.165, 1.54) is 12.4 Å². The van der Waals surface area contributed by atoms with Crippen molar-refractivity contribution >= 4 is 34.7 Å². The molecule has 0 aliphatic rings. The second kappa shape index (κ2) is 5.05. The molecule has 0 fully saturated rings. The van der Waals surface area contributed by atoms with Gasteiger partial charge in [-0.15, -0.1) is 0 Å². The number of nitrogens with one attached hydrogen (secondary N) is 1. The number of nitrogens with zero attached hydrogens (tertiary/aromatic N) is 2. The van der Waals surface area contributed by atoms with Gasteiger partial charge < -0.3 is 5.32 Å². The maximum atomic E-state index is 11.6. The van der Waals surface area contributed by atoms with Gasteiger partial charge in [0, 0.05) is 0 Å². The monoisotopic (exact) mass is 253 g/mol. The van der Waals surface area contributed by atoms with E-state index in [1.54, 1.807) is 11.3 Å². The van der Waals surface area contributed by atoms with Crippen molar-refractivity contribution < 1.29 is 4.79 Å². The summed E-state index contributed by atoms with van der Waals surface area (Å²) < 4.78 is 0. The lowest BCUT2D eigenvalue weighted by molar-refractivity contribution is -0.115. The van der Waals surface area contributed by atoms with Gasteiger partial charge in [-0.05, 0) is 22.4 Å². The van der Waals surface area contributed by atoms with Crippen molar-refractivity contribution in [3.63, 3.8) is 0 Å². The molecule has 0 radical (unpaired) electrons. The second-order valence-corrected chi connectivity index (χ2v) is 4.25. The third-order valence-electron chi connectivity index (χ3n) is 1.82. The van der Waals surface area contributed by atoms with Gasteiger partial charge in [-0.2, -0.15) is 11.3 Å². The fourth-order valence-electron chi connectivity index (χ4n) is 1.17. The molecule has 1 N–H and O–H groups in total. The summed E-state index contributed by atoms with van der Waals surface area (Å²) in [5.74, 6) is 0.239. The lowest BCUT2D eigenvalue weighted by Gasteiger charge is -2.02. The van der Waals surface area contributed by atoms with Crippen molar-refractivity contribution in [1.82, 2.24) is 9.97 Å². The third kappa shape index (κ3) is 3.01. The van der Waals surface area contributed by atoms with E-state index in [-0.39, 0.29) is 11.1 Å². The number of anilines is 1. The molecule has 0 unspecified atom stereocenters. The number of hydrogen-bond donors (Lipinski definition) is 1. The molecule has 0 atom stereocenters. The lowest BCUT2D eigenvalue weighted by Crippen LogP contribution is -2.15. The summed E-state index contributed by atoms with van der Waals surface area (Å²) >= 11 is 7.21. The number of amides is 1. The highest BCUT2D eigenvalue weighted by Crippen LogP contribution is 2.09. The maximum Gasteiger partial charge on any atom is 0.230 e. The molecular weight excluding hydrogens is 246 g/mol. The minimum Gasteiger partial charge on any atom is -0.309 e. The molecule has 2 rings (SSSR count). The van der Waals surface area contributed by atoms with Crippen molar-refractivity contribution in [1.29, 1.82) is 0 Å². The first kappa shape index (κ1) is 11.0. The summed E-state index contributed by atoms with van der Waals surface area (Å²) in [6.07, 6.45) is 3.20. The first-order valence-corrected chi connectivity index (χ1v) is 5.84. The Morgan fingerprint density at radius 3 is 3.06 bits per heavy atom. The first-order valence-electron chi connectivity index (χ1n) is 4.52. The van der Waals surface area contributed by atoms with E-state index in [4.69, 9.17) is 11.6 Å². The molecular formula is C10H8ClN3OS. The molecule has 4 nitrogen and oxygen atoms in total. The molecule has 0 bridgehead atoms. The lowest BCUT2D eigenvalue weighted by atomic mass is 10.2. The van der Waals surface area contributed by atoms with E-state index < -0.39 is 0 Å². The predicted molar refractivity (Wildman–Crippen MR) is 63.7 cm³/mol. The molecule has 0 spiro atoms. The van der Waals surface area contributed by atoms with Crippen molar-refractivity contribution in [3.05, 3.63) is 39.9 Å². The summed E-state index contributed by atoms with van der Waals surface area (Å²) in [4.78, 5) is 19.3. The van der Waals surface area contributed by atoms with E-state index in [2.05, 4.69) is 15.3 Å². The van der Waals surface area contributed by atoms with Crippen LogP contribution in [0.15, 0.2) is 29.2 Å². The molecule has 2 aromatic rings. The normalized spacial score (nSPS) is 10.1. The summed E-state index contributed by atoms with van der Waals surface area (Å²) in [7, 11) is 0. The Labute approximate surface area is 101 Å². The van der Waals surface area contributed by atoms with Crippen LogP contribution in [0.1, 0.15) is 5.56 Å². The average molecular weight is 254 g/mol. The summed E-state index contributed by atoms with van der Waals surface area (Å²) in [6.45, 7) is 0. The van der Waals surface area contributed by atoms with E-state index in [1.807, 2.05) is 16.8 Å². The number of carbonyl (C=O) groups excluding carboxylic acids is 1. The Morgan fingerprint density at radius 1 is 1.50 bits per heavy atom. The minimum absolute atomic E-state index is 0.130. The van der Waals surface area contributed by atoms with Crippen LogP contribution in [0.4, 0.5) is 5.82 Å². The molecule has 82 valence electrons. The molecule has 6 heteroatoms. The standard InChI is InChI=1S/C10H8ClN3OS/c11-8-4-12-5-9(13-8)14-10(15)3-7-1-2-16-6-7/h1-2,4-6H,3H2,(H,13,14,15). The smallest absolute Gasteiger partial charge is 0.230 e. The number of rotatable bonds is 3. The average Bonchev–Trinajstić information content (AvgIpc) is 2.70. The molecule has 16 heavy (non-hydrogen) atoms. The zero-order chi connectivity index (χ0) is 11.4. The van der Waals surface area contributed by atoms with Gasteiger partial charge in [-0.25, -0.2) is 4.98 Å². The van der Waals surface area contributed by atoms with E-state index in [9.17, 15) is 4.79 Å². The Bertz CT molecular complexity index is 487. The quantitative estimate of drug-likeness (QED) is 0.914. The van der Waals surface area contributed by atoms with Crippen LogP contribution < -0.4 is 5.32 Å². The first-order chi connectivity index (χ1) is 7.74. The molecule has 1 amide bonds. The van der Waals surface area contributed by atoms with Gasteiger partial charge in [0.1, 0.15) is 5.15 Å². The van der Waals surface area contributed by atoms with Crippen molar-refractivity contribution in [3.8, 4) is 0 Å². The van der Waals surface area contributed by atoms with Gasteiger partial charge in [0.2, 0.25) is 5.91 Å². The van der Waals surface area contributed by atoms with Crippen molar-refractivity contribution in [2.75, 3.05) is 5.32 Å². The molecule has 2 heterocycles. The highest BCUT2D eigenvalue weighted by atomic mass is 35.5. The Kier molecular flexibility index (Phi) is 3.48. The SMILES string of the molecule is O=C(Cc1ccsc1)Nc1cncc(Cl)n1. The van der Waals surface area contributed by atoms with Crippen LogP contribution in [0.5, 0.6) is 0 Å². The predicted octanol–water partition coefficient (Wildman–Crippen LogP) is 2.37. The third-order valence-corrected chi connectivity index (χ3v) is 2.73. The molecule has 0 aliphatic carbocycles. The molecule has 0 aromatic carbocycles. The second-order valence-electron chi connectivity index (χ2n) is 3.08. The Balaban J connectivity index is 1.97. The van der Waals surface area contributed by atoms with Crippen LogP contribution in [0.3, 0.4) is 0 Å². The fraction of sp³-hybridized carbons (Fsp3) is 0.100. The fourth-order valence-corrected chi connectivity index (χ4v) is 1.98. The number of halogens is 1. The molecule has 0 saturated heterocycles. The van der Waals surface area contributed by atoms with Crippen LogP contribution in [0.25, 0.3) is 0 Å². The number of thiophene rings is 1. The summed E-state index contributed by atoms with van der Waals surface area (Å²) in [6, 6.07) is 1.91. The molecule has 2 aromatic heterocycles. The number of aromatic nitrogens is 2. The van der Waals surface area contributed by atoms with Crippen molar-refractivity contribution in [2.24, 2.45) is 0 Å². The Morgan fingerprint density at radius 2 is 2.38 bits per heavy atom. The van der Waals surface area contributed by atoms with Crippen molar-refractivity contribution in [2.45, 2.75) is 6.42 Å². The number of hydrogen-bond acceptors (Lipinski definition) is 4. The van der Waals surface area contributed by atoms with Crippen LogP contribution >= 0.6 is 22.9 Å². The van der Waals surface area contributed by atoms with Crippen LogP contribution in [0.2, 0.25) is 5.15 Å². The molecule has 0 saturated carbocycles. The number of carbonyl (C=O) groups is 1. The van der Waals surface area contributed by atoms with E-state index >= 15 is 0 Å². The van der Waals surface area contributed by atoms with Crippen LogP contribution in [-0.4, -0.2) is 15.9 Å². The highest BCUT2D eigenvalue weighted by molar-refractivity contribution is 7.08. The van der Waals surface area contributed by atoms with Gasteiger partial charge in [0.15, 0.2) is 5.82 Å². The Hall–Kier alpha value is -1.46. The van der Waals surface area contributed by atoms with E-state index in [0.29, 0.717) is 12.2 Å². The van der Waals surface area contributed by atoms with E-state index in [0.717, 1.165) is 5.56 Å². The highest BCUT2D eigenvalue weighted by Gasteiger charge is 2.05. The zero-order valence-electron chi connectivity index (χ0n) is 8.18. The maximum absolute atomic E-state index is 11.6. The van der Waals surface area contributed by atoms with Crippen LogP contribution in [-0.2, 0) is 11.2 Å². The topological polar surface area (TPSA) is 54.9 Å². The zero-order valence-corrected chi connectivity index (χ0v) is 9.76. The minimum atomic E-state index is -0.130. The summed E-state index contributed by atoms with van der Waals surface area (Å²) in [5.41, 5.74) is 0.984. The van der Waals surface area contributed by atoms with Gasteiger partial charge in [0.05, 0.1) is 18.8 Å². The largest absolute Gasteiger partial charge is 0.309 e. The van der Waals surface area contributed by atoms with Gasteiger partial charge in [-0.3, -0.25) is 9.78 Å². The van der Waals surface area contributed by atoms with Crippen LogP contribution in [0, 0.1) is 0 Å². The van der Waals surface area contributed by atoms with Gasteiger partial charge >= 0.3 is 0 Å². The summed E-state index contributed by atoms with van der Waals surface area (Å²) in [5, 5.41) is 6.75.